The van der Waals surface area contributed by atoms with Gasteiger partial charge >= 0.3 is 0 Å². The number of nitrogens with one attached hydrogen (secondary N) is 1. The van der Waals surface area contributed by atoms with Crippen LogP contribution in [0.1, 0.15) is 13.8 Å². The summed E-state index contributed by atoms with van der Waals surface area (Å²) in [6, 6.07) is 5.38. The van der Waals surface area contributed by atoms with Crippen molar-refractivity contribution in [2.75, 3.05) is 38.5 Å². The topological polar surface area (TPSA) is 52.7 Å². The summed E-state index contributed by atoms with van der Waals surface area (Å²) in [5, 5.41) is 4.09. The fourth-order valence-corrected chi connectivity index (χ4v) is 3.94. The molecule has 0 atom stereocenters. The zero-order valence-electron chi connectivity index (χ0n) is 14.4. The summed E-state index contributed by atoms with van der Waals surface area (Å²) in [6.07, 6.45) is 0. The van der Waals surface area contributed by atoms with Crippen molar-refractivity contribution in [3.8, 4) is 0 Å². The second-order valence-electron chi connectivity index (χ2n) is 6.24. The minimum absolute atomic E-state index is 0.0286. The molecule has 0 aliphatic carbocycles. The largest absolute Gasteiger partial charge is 0.353 e. The lowest BCUT2D eigenvalue weighted by Crippen LogP contribution is -2.52. The molecule has 2 rings (SSSR count). The number of benzene rings is 1. The normalized spacial score (nSPS) is 15.5. The van der Waals surface area contributed by atoms with Gasteiger partial charge in [0.15, 0.2) is 0 Å². The van der Waals surface area contributed by atoms with E-state index in [1.807, 2.05) is 18.7 Å². The van der Waals surface area contributed by atoms with Crippen molar-refractivity contribution >= 4 is 46.8 Å². The van der Waals surface area contributed by atoms with Crippen LogP contribution in [0.3, 0.4) is 0 Å². The highest BCUT2D eigenvalue weighted by molar-refractivity contribution is 8.00. The van der Waals surface area contributed by atoms with Crippen molar-refractivity contribution in [2.24, 2.45) is 0 Å². The summed E-state index contributed by atoms with van der Waals surface area (Å²) in [5.74, 6) is 0.432. The summed E-state index contributed by atoms with van der Waals surface area (Å²) >= 11 is 13.5. The summed E-state index contributed by atoms with van der Waals surface area (Å²) in [6.45, 7) is 6.96. The van der Waals surface area contributed by atoms with Gasteiger partial charge in [-0.05, 0) is 32.0 Å². The van der Waals surface area contributed by atoms with Gasteiger partial charge in [-0.15, -0.1) is 11.8 Å². The van der Waals surface area contributed by atoms with E-state index < -0.39 is 0 Å². The predicted molar refractivity (Wildman–Crippen MR) is 103 cm³/mol. The molecular weight excluding hydrogens is 381 g/mol. The molecule has 1 N–H and O–H groups in total. The van der Waals surface area contributed by atoms with Gasteiger partial charge in [0.05, 0.1) is 17.3 Å². The molecule has 1 fully saturated rings. The van der Waals surface area contributed by atoms with Crippen LogP contribution in [-0.2, 0) is 9.59 Å². The number of thioether (sulfide) groups is 1. The molecule has 1 aliphatic rings. The van der Waals surface area contributed by atoms with Gasteiger partial charge in [0.25, 0.3) is 0 Å². The zero-order valence-corrected chi connectivity index (χ0v) is 16.8. The summed E-state index contributed by atoms with van der Waals surface area (Å²) < 4.78 is 0. The first kappa shape index (κ1) is 20.4. The smallest absolute Gasteiger partial charge is 0.234 e. The molecule has 8 heteroatoms. The summed E-state index contributed by atoms with van der Waals surface area (Å²) in [5.41, 5.74) is 0. The second-order valence-corrected chi connectivity index (χ2v) is 8.10. The minimum Gasteiger partial charge on any atom is -0.353 e. The summed E-state index contributed by atoms with van der Waals surface area (Å²) in [4.78, 5) is 28.9. The van der Waals surface area contributed by atoms with E-state index in [1.54, 1.807) is 18.2 Å². The third kappa shape index (κ3) is 6.70. The lowest BCUT2D eigenvalue weighted by molar-refractivity contribution is -0.130. The molecule has 138 valence electrons. The van der Waals surface area contributed by atoms with Crippen LogP contribution in [0.2, 0.25) is 10.0 Å². The lowest BCUT2D eigenvalue weighted by atomic mass is 10.3. The van der Waals surface area contributed by atoms with E-state index in [2.05, 4.69) is 10.2 Å². The van der Waals surface area contributed by atoms with E-state index in [4.69, 9.17) is 23.2 Å². The highest BCUT2D eigenvalue weighted by atomic mass is 35.5. The van der Waals surface area contributed by atoms with Crippen molar-refractivity contribution in [2.45, 2.75) is 24.8 Å². The number of piperazine rings is 1. The number of amides is 2. The van der Waals surface area contributed by atoms with Gasteiger partial charge in [-0.3, -0.25) is 14.5 Å². The SMILES string of the molecule is CC(C)NC(=O)CN1CCN(C(=O)CSc2cc(Cl)ccc2Cl)CC1. The molecule has 1 aromatic rings. The van der Waals surface area contributed by atoms with E-state index in [0.29, 0.717) is 48.5 Å². The number of hydrogen-bond donors (Lipinski definition) is 1. The molecule has 0 bridgehead atoms. The Balaban J connectivity index is 1.75. The first-order valence-electron chi connectivity index (χ1n) is 8.22. The molecule has 0 radical (unpaired) electrons. The Morgan fingerprint density at radius 1 is 1.20 bits per heavy atom. The number of rotatable bonds is 6. The maximum Gasteiger partial charge on any atom is 0.234 e. The zero-order chi connectivity index (χ0) is 18.4. The van der Waals surface area contributed by atoms with Crippen molar-refractivity contribution in [3.63, 3.8) is 0 Å². The van der Waals surface area contributed by atoms with Crippen LogP contribution in [0, 0.1) is 0 Å². The van der Waals surface area contributed by atoms with Crippen LogP contribution >= 0.6 is 35.0 Å². The van der Waals surface area contributed by atoms with Crippen molar-refractivity contribution in [1.82, 2.24) is 15.1 Å². The average Bonchev–Trinajstić information content (AvgIpc) is 2.55. The van der Waals surface area contributed by atoms with Crippen LogP contribution in [-0.4, -0.2) is 66.1 Å². The molecule has 2 amide bonds. The fourth-order valence-electron chi connectivity index (χ4n) is 2.54. The van der Waals surface area contributed by atoms with E-state index >= 15 is 0 Å². The molecule has 1 saturated heterocycles. The quantitative estimate of drug-likeness (QED) is 0.741. The molecular formula is C17H23Cl2N3O2S. The van der Waals surface area contributed by atoms with Gasteiger partial charge in [-0.2, -0.15) is 0 Å². The van der Waals surface area contributed by atoms with Crippen LogP contribution < -0.4 is 5.32 Å². The van der Waals surface area contributed by atoms with Gasteiger partial charge in [0.1, 0.15) is 0 Å². The predicted octanol–water partition coefficient (Wildman–Crippen LogP) is 2.75. The van der Waals surface area contributed by atoms with E-state index in [-0.39, 0.29) is 17.9 Å². The Labute approximate surface area is 163 Å². The first-order chi connectivity index (χ1) is 11.8. The van der Waals surface area contributed by atoms with Crippen molar-refractivity contribution in [3.05, 3.63) is 28.2 Å². The molecule has 1 aromatic carbocycles. The number of hydrogen-bond acceptors (Lipinski definition) is 4. The molecule has 1 aliphatic heterocycles. The Morgan fingerprint density at radius 3 is 2.52 bits per heavy atom. The number of carbonyl (C=O) groups excluding carboxylic acids is 2. The molecule has 1 heterocycles. The number of nitrogens with zero attached hydrogens (tertiary/aromatic N) is 2. The monoisotopic (exact) mass is 403 g/mol. The van der Waals surface area contributed by atoms with Crippen LogP contribution in [0.4, 0.5) is 0 Å². The molecule has 25 heavy (non-hydrogen) atoms. The Morgan fingerprint density at radius 2 is 1.88 bits per heavy atom. The lowest BCUT2D eigenvalue weighted by Gasteiger charge is -2.34. The van der Waals surface area contributed by atoms with E-state index in [9.17, 15) is 9.59 Å². The van der Waals surface area contributed by atoms with Gasteiger partial charge in [0, 0.05) is 42.1 Å². The van der Waals surface area contributed by atoms with Gasteiger partial charge < -0.3 is 10.2 Å². The first-order valence-corrected chi connectivity index (χ1v) is 9.96. The van der Waals surface area contributed by atoms with Gasteiger partial charge in [0.2, 0.25) is 11.8 Å². The van der Waals surface area contributed by atoms with Crippen molar-refractivity contribution < 1.29 is 9.59 Å². The van der Waals surface area contributed by atoms with E-state index in [1.165, 1.54) is 11.8 Å². The molecule has 5 nitrogen and oxygen atoms in total. The van der Waals surface area contributed by atoms with Gasteiger partial charge in [-0.25, -0.2) is 0 Å². The second kappa shape index (κ2) is 9.67. The van der Waals surface area contributed by atoms with E-state index in [0.717, 1.165) is 4.90 Å². The Bertz CT molecular complexity index is 620. The van der Waals surface area contributed by atoms with Crippen LogP contribution in [0.15, 0.2) is 23.1 Å². The minimum atomic E-state index is 0.0286. The van der Waals surface area contributed by atoms with Crippen molar-refractivity contribution in [1.29, 1.82) is 0 Å². The third-order valence-corrected chi connectivity index (χ3v) is 5.50. The highest BCUT2D eigenvalue weighted by Crippen LogP contribution is 2.30. The van der Waals surface area contributed by atoms with Gasteiger partial charge in [-0.1, -0.05) is 23.2 Å². The third-order valence-electron chi connectivity index (χ3n) is 3.79. The standard InChI is InChI=1S/C17H23Cl2N3O2S/c1-12(2)20-16(23)10-21-5-7-22(8-6-21)17(24)11-25-15-9-13(18)3-4-14(15)19/h3-4,9,12H,5-8,10-11H2,1-2H3,(H,20,23). The molecule has 0 spiro atoms. The molecule has 0 saturated carbocycles. The number of carbonyl (C=O) groups is 2. The average molecular weight is 404 g/mol. The maximum atomic E-state index is 12.4. The molecule has 0 aromatic heterocycles. The molecule has 0 unspecified atom stereocenters. The van der Waals surface area contributed by atoms with Crippen LogP contribution in [0.25, 0.3) is 0 Å². The number of halogens is 2. The maximum absolute atomic E-state index is 12.4. The van der Waals surface area contributed by atoms with Crippen LogP contribution in [0.5, 0.6) is 0 Å². The Kier molecular flexibility index (Phi) is 7.87. The fraction of sp³-hybridized carbons (Fsp3) is 0.529. The summed E-state index contributed by atoms with van der Waals surface area (Å²) in [7, 11) is 0. The Hall–Kier alpha value is -0.950. The highest BCUT2D eigenvalue weighted by Gasteiger charge is 2.22.